The molecule has 0 unspecified atom stereocenters. The molecule has 2 nitrogen and oxygen atoms in total. The molecule has 78 valence electrons. The zero-order chi connectivity index (χ0) is 10.8. The summed E-state index contributed by atoms with van der Waals surface area (Å²) in [5.74, 6) is -0.886. The lowest BCUT2D eigenvalue weighted by atomic mass is 10.2. The van der Waals surface area contributed by atoms with E-state index in [-0.39, 0.29) is 0 Å². The Morgan fingerprint density at radius 3 is 2.64 bits per heavy atom. The van der Waals surface area contributed by atoms with E-state index in [0.717, 1.165) is 19.3 Å². The fraction of sp³-hybridized carbons (Fsp3) is 0.417. The molecule has 0 aromatic rings. The van der Waals surface area contributed by atoms with Gasteiger partial charge in [-0.15, -0.1) is 0 Å². The Labute approximate surface area is 85.6 Å². The molecule has 0 aliphatic rings. The molecule has 0 aromatic heterocycles. The van der Waals surface area contributed by atoms with Gasteiger partial charge in [0.15, 0.2) is 0 Å². The van der Waals surface area contributed by atoms with E-state index < -0.39 is 5.97 Å². The minimum absolute atomic E-state index is 0.320. The average molecular weight is 194 g/mol. The Hall–Kier alpha value is -1.31. The molecule has 0 rings (SSSR count). The van der Waals surface area contributed by atoms with Gasteiger partial charge < -0.3 is 5.11 Å². The van der Waals surface area contributed by atoms with Gasteiger partial charge in [-0.1, -0.05) is 44.1 Å². The van der Waals surface area contributed by atoms with Gasteiger partial charge >= 0.3 is 5.97 Å². The quantitative estimate of drug-likeness (QED) is 0.400. The topological polar surface area (TPSA) is 37.3 Å². The first-order valence-electron chi connectivity index (χ1n) is 4.95. The van der Waals surface area contributed by atoms with Gasteiger partial charge in [0.05, 0.1) is 5.57 Å². The summed E-state index contributed by atoms with van der Waals surface area (Å²) in [5, 5.41) is 8.75. The van der Waals surface area contributed by atoms with Crippen molar-refractivity contribution >= 4 is 5.97 Å². The molecule has 0 aliphatic carbocycles. The highest BCUT2D eigenvalue weighted by atomic mass is 16.4. The zero-order valence-electron chi connectivity index (χ0n) is 8.86. The maximum atomic E-state index is 10.7. The summed E-state index contributed by atoms with van der Waals surface area (Å²) in [5.41, 5.74) is 0.320. The molecule has 0 amide bonds. The minimum atomic E-state index is -0.886. The second-order valence-electron chi connectivity index (χ2n) is 3.00. The third kappa shape index (κ3) is 6.23. The molecule has 1 N–H and O–H groups in total. The van der Waals surface area contributed by atoms with Crippen LogP contribution in [0, 0.1) is 0 Å². The molecular weight excluding hydrogens is 176 g/mol. The van der Waals surface area contributed by atoms with Gasteiger partial charge in [-0.2, -0.15) is 0 Å². The number of unbranched alkanes of at least 4 members (excludes halogenated alkanes) is 2. The lowest BCUT2D eigenvalue weighted by Gasteiger charge is -1.91. The molecule has 14 heavy (non-hydrogen) atoms. The van der Waals surface area contributed by atoms with E-state index in [2.05, 4.69) is 6.92 Å². The highest BCUT2D eigenvalue weighted by molar-refractivity contribution is 5.90. The summed E-state index contributed by atoms with van der Waals surface area (Å²) in [6, 6.07) is 0. The molecule has 0 bridgehead atoms. The number of carboxylic acids is 1. The van der Waals surface area contributed by atoms with Crippen molar-refractivity contribution in [2.75, 3.05) is 0 Å². The summed E-state index contributed by atoms with van der Waals surface area (Å²) in [4.78, 5) is 10.7. The van der Waals surface area contributed by atoms with Crippen LogP contribution >= 0.6 is 0 Å². The monoisotopic (exact) mass is 194 g/mol. The highest BCUT2D eigenvalue weighted by Gasteiger charge is 1.99. The van der Waals surface area contributed by atoms with E-state index in [4.69, 9.17) is 5.11 Å². The number of carbonyl (C=O) groups is 1. The van der Waals surface area contributed by atoms with Crippen LogP contribution in [0.1, 0.15) is 33.1 Å². The number of aliphatic carboxylic acids is 1. The summed E-state index contributed by atoms with van der Waals surface area (Å²) in [6.45, 7) is 3.93. The number of hydrogen-bond acceptors (Lipinski definition) is 1. The largest absolute Gasteiger partial charge is 0.478 e. The van der Waals surface area contributed by atoms with Crippen molar-refractivity contribution in [1.29, 1.82) is 0 Å². The highest BCUT2D eigenvalue weighted by Crippen LogP contribution is 2.00. The first-order chi connectivity index (χ1) is 6.72. The molecule has 0 fully saturated rings. The van der Waals surface area contributed by atoms with Crippen LogP contribution in [0.5, 0.6) is 0 Å². The van der Waals surface area contributed by atoms with Crippen LogP contribution in [0.15, 0.2) is 36.0 Å². The van der Waals surface area contributed by atoms with Crippen molar-refractivity contribution in [1.82, 2.24) is 0 Å². The van der Waals surface area contributed by atoms with Crippen LogP contribution in [0.4, 0.5) is 0 Å². The van der Waals surface area contributed by atoms with Crippen molar-refractivity contribution < 1.29 is 9.90 Å². The van der Waals surface area contributed by atoms with Gasteiger partial charge in [-0.3, -0.25) is 0 Å². The Bertz CT molecular complexity index is 247. The van der Waals surface area contributed by atoms with Crippen LogP contribution in [0.25, 0.3) is 0 Å². The molecule has 0 spiro atoms. The summed E-state index contributed by atoms with van der Waals surface area (Å²) in [6.07, 6.45) is 12.1. The molecular formula is C12H18O2. The van der Waals surface area contributed by atoms with Crippen LogP contribution in [-0.4, -0.2) is 11.1 Å². The van der Waals surface area contributed by atoms with Crippen molar-refractivity contribution in [3.63, 3.8) is 0 Å². The predicted molar refractivity (Wildman–Crippen MR) is 59.2 cm³/mol. The Morgan fingerprint density at radius 1 is 1.43 bits per heavy atom. The normalized spacial score (nSPS) is 12.9. The fourth-order valence-electron chi connectivity index (χ4n) is 0.968. The van der Waals surface area contributed by atoms with Crippen molar-refractivity contribution in [3.05, 3.63) is 36.0 Å². The standard InChI is InChI=1S/C12H18O2/c1-3-5-6-7-8-10-11(9-4-2)12(13)14/h4,7-10H,3,5-6H2,1-2H3,(H,13,14). The van der Waals surface area contributed by atoms with Crippen LogP contribution in [-0.2, 0) is 4.79 Å². The van der Waals surface area contributed by atoms with E-state index in [1.54, 1.807) is 31.2 Å². The lowest BCUT2D eigenvalue weighted by molar-refractivity contribution is -0.132. The second-order valence-corrected chi connectivity index (χ2v) is 3.00. The average Bonchev–Trinajstić information content (AvgIpc) is 2.15. The van der Waals surface area contributed by atoms with E-state index in [9.17, 15) is 4.79 Å². The Morgan fingerprint density at radius 2 is 2.14 bits per heavy atom. The molecule has 0 atom stereocenters. The smallest absolute Gasteiger partial charge is 0.335 e. The summed E-state index contributed by atoms with van der Waals surface area (Å²) >= 11 is 0. The van der Waals surface area contributed by atoms with Crippen molar-refractivity contribution in [2.24, 2.45) is 0 Å². The molecule has 0 saturated carbocycles. The van der Waals surface area contributed by atoms with Gasteiger partial charge in [0.1, 0.15) is 0 Å². The van der Waals surface area contributed by atoms with Crippen LogP contribution < -0.4 is 0 Å². The van der Waals surface area contributed by atoms with Gasteiger partial charge in [-0.25, -0.2) is 4.79 Å². The van der Waals surface area contributed by atoms with Gasteiger partial charge in [0.25, 0.3) is 0 Å². The third-order valence-electron chi connectivity index (χ3n) is 1.73. The van der Waals surface area contributed by atoms with E-state index >= 15 is 0 Å². The van der Waals surface area contributed by atoms with E-state index in [1.165, 1.54) is 0 Å². The number of allylic oxidation sites excluding steroid dienone is 4. The molecule has 2 heteroatoms. The van der Waals surface area contributed by atoms with Crippen molar-refractivity contribution in [3.8, 4) is 0 Å². The minimum Gasteiger partial charge on any atom is -0.478 e. The Balaban J connectivity index is 4.16. The Kier molecular flexibility index (Phi) is 7.52. The third-order valence-corrected chi connectivity index (χ3v) is 1.73. The maximum absolute atomic E-state index is 10.7. The molecule has 0 aliphatic heterocycles. The molecule has 0 aromatic carbocycles. The lowest BCUT2D eigenvalue weighted by Crippen LogP contribution is -1.96. The number of rotatable bonds is 6. The fourth-order valence-corrected chi connectivity index (χ4v) is 0.968. The molecule has 0 saturated heterocycles. The first-order valence-corrected chi connectivity index (χ1v) is 4.95. The van der Waals surface area contributed by atoms with Gasteiger partial charge in [0.2, 0.25) is 0 Å². The zero-order valence-corrected chi connectivity index (χ0v) is 8.86. The van der Waals surface area contributed by atoms with Crippen LogP contribution in [0.3, 0.4) is 0 Å². The SMILES string of the molecule is CC=CC(=CC=CCCCC)C(=O)O. The second kappa shape index (κ2) is 8.30. The summed E-state index contributed by atoms with van der Waals surface area (Å²) < 4.78 is 0. The van der Waals surface area contributed by atoms with Gasteiger partial charge in [0, 0.05) is 0 Å². The van der Waals surface area contributed by atoms with Crippen LogP contribution in [0.2, 0.25) is 0 Å². The van der Waals surface area contributed by atoms with Gasteiger partial charge in [-0.05, 0) is 19.4 Å². The molecule has 0 radical (unpaired) electrons. The van der Waals surface area contributed by atoms with Crippen molar-refractivity contribution in [2.45, 2.75) is 33.1 Å². The first kappa shape index (κ1) is 12.7. The van der Waals surface area contributed by atoms with E-state index in [0.29, 0.717) is 5.57 Å². The maximum Gasteiger partial charge on any atom is 0.335 e. The number of carboxylic acid groups (broad SMARTS) is 1. The van der Waals surface area contributed by atoms with E-state index in [1.807, 2.05) is 6.08 Å². The predicted octanol–water partition coefficient (Wildman–Crippen LogP) is 3.32. The summed E-state index contributed by atoms with van der Waals surface area (Å²) in [7, 11) is 0. The number of hydrogen-bond donors (Lipinski definition) is 1. The molecule has 0 heterocycles.